The molecule has 0 bridgehead atoms. The molecule has 2 N–H and O–H groups in total. The zero-order valence-electron chi connectivity index (χ0n) is 8.12. The van der Waals surface area contributed by atoms with Gasteiger partial charge in [-0.25, -0.2) is 0 Å². The molecule has 3 heteroatoms. The Labute approximate surface area is 83.2 Å². The first kappa shape index (κ1) is 8.97. The normalized spacial score (nSPS) is 10.4. The SMILES string of the molecule is CNCc1[nH]ncc1-c1ccccc1. The maximum absolute atomic E-state index is 4.05. The lowest BCUT2D eigenvalue weighted by molar-refractivity contribution is 0.785. The van der Waals surface area contributed by atoms with E-state index in [9.17, 15) is 0 Å². The standard InChI is InChI=1S/C11H13N3/c1-12-8-11-10(7-13-14-11)9-5-3-2-4-6-9/h2-7,12H,8H2,1H3,(H,13,14). The van der Waals surface area contributed by atoms with Crippen LogP contribution in [0.4, 0.5) is 0 Å². The molecule has 0 atom stereocenters. The predicted octanol–water partition coefficient (Wildman–Crippen LogP) is 1.80. The summed E-state index contributed by atoms with van der Waals surface area (Å²) >= 11 is 0. The third kappa shape index (κ3) is 1.67. The highest BCUT2D eigenvalue weighted by atomic mass is 15.1. The van der Waals surface area contributed by atoms with Gasteiger partial charge in [0.25, 0.3) is 0 Å². The van der Waals surface area contributed by atoms with Gasteiger partial charge in [-0.15, -0.1) is 0 Å². The summed E-state index contributed by atoms with van der Waals surface area (Å²) in [6, 6.07) is 10.3. The minimum Gasteiger partial charge on any atom is -0.314 e. The van der Waals surface area contributed by atoms with E-state index in [1.165, 1.54) is 11.1 Å². The molecule has 1 aromatic carbocycles. The van der Waals surface area contributed by atoms with Crippen LogP contribution < -0.4 is 5.32 Å². The number of nitrogens with one attached hydrogen (secondary N) is 2. The molecule has 0 aliphatic heterocycles. The fourth-order valence-corrected chi connectivity index (χ4v) is 1.49. The van der Waals surface area contributed by atoms with Crippen molar-refractivity contribution in [2.24, 2.45) is 0 Å². The van der Waals surface area contributed by atoms with E-state index in [0.29, 0.717) is 0 Å². The van der Waals surface area contributed by atoms with Gasteiger partial charge in [-0.3, -0.25) is 5.10 Å². The Kier molecular flexibility index (Phi) is 2.60. The largest absolute Gasteiger partial charge is 0.314 e. The highest BCUT2D eigenvalue weighted by Crippen LogP contribution is 2.20. The highest BCUT2D eigenvalue weighted by molar-refractivity contribution is 5.64. The Morgan fingerprint density at radius 2 is 2.07 bits per heavy atom. The molecule has 0 saturated heterocycles. The third-order valence-corrected chi connectivity index (χ3v) is 2.16. The quantitative estimate of drug-likeness (QED) is 0.769. The molecular weight excluding hydrogens is 174 g/mol. The van der Waals surface area contributed by atoms with Crippen LogP contribution in [0.1, 0.15) is 5.69 Å². The first-order chi connectivity index (χ1) is 6.92. The van der Waals surface area contributed by atoms with Crippen LogP contribution in [0.2, 0.25) is 0 Å². The molecule has 2 rings (SSSR count). The monoisotopic (exact) mass is 187 g/mol. The van der Waals surface area contributed by atoms with Crippen LogP contribution in [-0.4, -0.2) is 17.2 Å². The zero-order valence-corrected chi connectivity index (χ0v) is 8.12. The van der Waals surface area contributed by atoms with Gasteiger partial charge in [-0.1, -0.05) is 30.3 Å². The van der Waals surface area contributed by atoms with E-state index in [2.05, 4.69) is 27.6 Å². The molecule has 1 heterocycles. The lowest BCUT2D eigenvalue weighted by Gasteiger charge is -2.01. The van der Waals surface area contributed by atoms with Gasteiger partial charge in [0.1, 0.15) is 0 Å². The number of rotatable bonds is 3. The number of H-pyrrole nitrogens is 1. The number of hydrogen-bond donors (Lipinski definition) is 2. The molecule has 0 saturated carbocycles. The van der Waals surface area contributed by atoms with Crippen molar-refractivity contribution < 1.29 is 0 Å². The zero-order chi connectivity index (χ0) is 9.80. The van der Waals surface area contributed by atoms with Crippen molar-refractivity contribution in [1.82, 2.24) is 15.5 Å². The number of aromatic amines is 1. The summed E-state index contributed by atoms with van der Waals surface area (Å²) in [7, 11) is 1.93. The van der Waals surface area contributed by atoms with Gasteiger partial charge in [-0.2, -0.15) is 5.10 Å². The van der Waals surface area contributed by atoms with E-state index < -0.39 is 0 Å². The van der Waals surface area contributed by atoms with Crippen molar-refractivity contribution in [3.8, 4) is 11.1 Å². The number of benzene rings is 1. The number of aromatic nitrogens is 2. The van der Waals surface area contributed by atoms with E-state index in [1.54, 1.807) is 0 Å². The number of hydrogen-bond acceptors (Lipinski definition) is 2. The molecular formula is C11H13N3. The lowest BCUT2D eigenvalue weighted by atomic mass is 10.1. The fourth-order valence-electron chi connectivity index (χ4n) is 1.49. The van der Waals surface area contributed by atoms with Gasteiger partial charge in [-0.05, 0) is 12.6 Å². The van der Waals surface area contributed by atoms with Crippen molar-refractivity contribution in [1.29, 1.82) is 0 Å². The van der Waals surface area contributed by atoms with E-state index in [4.69, 9.17) is 0 Å². The molecule has 72 valence electrons. The van der Waals surface area contributed by atoms with E-state index >= 15 is 0 Å². The van der Waals surface area contributed by atoms with E-state index in [-0.39, 0.29) is 0 Å². The summed E-state index contributed by atoms with van der Waals surface area (Å²) in [6.07, 6.45) is 1.86. The van der Waals surface area contributed by atoms with Crippen molar-refractivity contribution >= 4 is 0 Å². The molecule has 0 amide bonds. The van der Waals surface area contributed by atoms with Crippen LogP contribution in [0.3, 0.4) is 0 Å². The Bertz CT molecular complexity index is 392. The minimum atomic E-state index is 0.810. The fraction of sp³-hybridized carbons (Fsp3) is 0.182. The topological polar surface area (TPSA) is 40.7 Å². The van der Waals surface area contributed by atoms with Crippen LogP contribution in [0.15, 0.2) is 36.5 Å². The van der Waals surface area contributed by atoms with Crippen molar-refractivity contribution in [3.63, 3.8) is 0 Å². The third-order valence-electron chi connectivity index (χ3n) is 2.16. The van der Waals surface area contributed by atoms with Crippen LogP contribution in [0.25, 0.3) is 11.1 Å². The van der Waals surface area contributed by atoms with Gasteiger partial charge >= 0.3 is 0 Å². The van der Waals surface area contributed by atoms with E-state index in [1.807, 2.05) is 31.4 Å². The minimum absolute atomic E-state index is 0.810. The van der Waals surface area contributed by atoms with Crippen molar-refractivity contribution in [2.45, 2.75) is 6.54 Å². The molecule has 1 aromatic heterocycles. The number of nitrogens with zero attached hydrogens (tertiary/aromatic N) is 1. The molecule has 0 aliphatic carbocycles. The smallest absolute Gasteiger partial charge is 0.0569 e. The Balaban J connectivity index is 2.37. The van der Waals surface area contributed by atoms with Crippen molar-refractivity contribution in [2.75, 3.05) is 7.05 Å². The maximum Gasteiger partial charge on any atom is 0.0569 e. The molecule has 0 spiro atoms. The Morgan fingerprint density at radius 1 is 1.29 bits per heavy atom. The van der Waals surface area contributed by atoms with Crippen molar-refractivity contribution in [3.05, 3.63) is 42.2 Å². The van der Waals surface area contributed by atoms with Crippen LogP contribution >= 0.6 is 0 Å². The second-order valence-corrected chi connectivity index (χ2v) is 3.16. The lowest BCUT2D eigenvalue weighted by Crippen LogP contribution is -2.06. The molecule has 2 aromatic rings. The second-order valence-electron chi connectivity index (χ2n) is 3.16. The summed E-state index contributed by atoms with van der Waals surface area (Å²) in [5.41, 5.74) is 3.49. The average Bonchev–Trinajstić information content (AvgIpc) is 2.68. The molecule has 0 unspecified atom stereocenters. The van der Waals surface area contributed by atoms with Gasteiger partial charge in [0.15, 0.2) is 0 Å². The molecule has 0 radical (unpaired) electrons. The van der Waals surface area contributed by atoms with Gasteiger partial charge < -0.3 is 5.32 Å². The Morgan fingerprint density at radius 3 is 2.79 bits per heavy atom. The predicted molar refractivity (Wildman–Crippen MR) is 56.8 cm³/mol. The van der Waals surface area contributed by atoms with Gasteiger partial charge in [0.05, 0.1) is 11.9 Å². The van der Waals surface area contributed by atoms with Crippen LogP contribution in [-0.2, 0) is 6.54 Å². The maximum atomic E-state index is 4.05. The summed E-state index contributed by atoms with van der Waals surface area (Å²) in [5.74, 6) is 0. The molecule has 0 fully saturated rings. The summed E-state index contributed by atoms with van der Waals surface area (Å²) in [5, 5.41) is 10.2. The van der Waals surface area contributed by atoms with E-state index in [0.717, 1.165) is 12.2 Å². The highest BCUT2D eigenvalue weighted by Gasteiger charge is 2.05. The molecule has 14 heavy (non-hydrogen) atoms. The summed E-state index contributed by atoms with van der Waals surface area (Å²) in [6.45, 7) is 0.810. The average molecular weight is 187 g/mol. The first-order valence-corrected chi connectivity index (χ1v) is 4.64. The van der Waals surface area contributed by atoms with Gasteiger partial charge in [0.2, 0.25) is 0 Å². The van der Waals surface area contributed by atoms with Crippen LogP contribution in [0.5, 0.6) is 0 Å². The first-order valence-electron chi connectivity index (χ1n) is 4.64. The molecule has 0 aliphatic rings. The van der Waals surface area contributed by atoms with Gasteiger partial charge in [0, 0.05) is 12.1 Å². The summed E-state index contributed by atoms with van der Waals surface area (Å²) in [4.78, 5) is 0. The Hall–Kier alpha value is -1.61. The summed E-state index contributed by atoms with van der Waals surface area (Å²) < 4.78 is 0. The molecule has 3 nitrogen and oxygen atoms in total. The van der Waals surface area contributed by atoms with Crippen LogP contribution in [0, 0.1) is 0 Å². The second kappa shape index (κ2) is 4.07.